The normalized spacial score (nSPS) is 9.86. The number of hydrogen-bond donors (Lipinski definition) is 2. The lowest BCUT2D eigenvalue weighted by atomic mass is 10.3. The standard InChI is InChI=1S/C14H12N4O4/c1-9-4-2-7-12(15-9)17-14(20)13(19)16-10-5-3-6-11(8-10)18(21)22/h2-8H,1H3,(H,16,19)(H,15,17,20). The van der Waals surface area contributed by atoms with Crippen LogP contribution in [0.4, 0.5) is 17.2 Å². The molecule has 0 atom stereocenters. The topological polar surface area (TPSA) is 114 Å². The highest BCUT2D eigenvalue weighted by Crippen LogP contribution is 2.17. The minimum atomic E-state index is -0.941. The molecule has 0 aliphatic carbocycles. The molecule has 1 aromatic heterocycles. The molecule has 8 heteroatoms. The number of nitrogens with zero attached hydrogens (tertiary/aromatic N) is 2. The number of anilines is 2. The summed E-state index contributed by atoms with van der Waals surface area (Å²) in [5.41, 5.74) is 0.669. The van der Waals surface area contributed by atoms with E-state index in [-0.39, 0.29) is 17.2 Å². The Bertz CT molecular complexity index is 745. The van der Waals surface area contributed by atoms with Crippen LogP contribution < -0.4 is 10.6 Å². The number of amides is 2. The maximum Gasteiger partial charge on any atom is 0.315 e. The quantitative estimate of drug-likeness (QED) is 0.510. The molecule has 0 aliphatic rings. The molecule has 8 nitrogen and oxygen atoms in total. The van der Waals surface area contributed by atoms with Crippen LogP contribution in [0.25, 0.3) is 0 Å². The molecule has 0 saturated carbocycles. The first kappa shape index (κ1) is 15.1. The number of pyridine rings is 1. The second-order valence-electron chi connectivity index (χ2n) is 4.38. The molecule has 0 radical (unpaired) electrons. The zero-order valence-electron chi connectivity index (χ0n) is 11.6. The van der Waals surface area contributed by atoms with Gasteiger partial charge in [-0.15, -0.1) is 0 Å². The summed E-state index contributed by atoms with van der Waals surface area (Å²) in [4.78, 5) is 37.6. The van der Waals surface area contributed by atoms with E-state index in [0.29, 0.717) is 5.69 Å². The molecule has 2 amide bonds. The number of hydrogen-bond acceptors (Lipinski definition) is 5. The second-order valence-corrected chi connectivity index (χ2v) is 4.38. The largest absolute Gasteiger partial charge is 0.318 e. The SMILES string of the molecule is Cc1cccc(NC(=O)C(=O)Nc2cccc([N+](=O)[O-])c2)n1. The lowest BCUT2D eigenvalue weighted by molar-refractivity contribution is -0.384. The summed E-state index contributed by atoms with van der Waals surface area (Å²) in [6.45, 7) is 1.75. The van der Waals surface area contributed by atoms with E-state index in [1.165, 1.54) is 18.2 Å². The first-order valence-electron chi connectivity index (χ1n) is 6.26. The van der Waals surface area contributed by atoms with Gasteiger partial charge in [0.15, 0.2) is 0 Å². The van der Waals surface area contributed by atoms with Crippen LogP contribution in [0.1, 0.15) is 5.69 Å². The molecule has 0 unspecified atom stereocenters. The number of aryl methyl sites for hydroxylation is 1. The van der Waals surface area contributed by atoms with E-state index in [1.807, 2.05) is 0 Å². The van der Waals surface area contributed by atoms with Gasteiger partial charge in [0.05, 0.1) is 4.92 Å². The van der Waals surface area contributed by atoms with Gasteiger partial charge >= 0.3 is 11.8 Å². The Balaban J connectivity index is 2.04. The average molecular weight is 300 g/mol. The van der Waals surface area contributed by atoms with Crippen molar-refractivity contribution in [2.24, 2.45) is 0 Å². The Morgan fingerprint density at radius 1 is 1.09 bits per heavy atom. The van der Waals surface area contributed by atoms with Crippen molar-refractivity contribution in [2.75, 3.05) is 10.6 Å². The predicted molar refractivity (Wildman–Crippen MR) is 79.3 cm³/mol. The van der Waals surface area contributed by atoms with Crippen molar-refractivity contribution < 1.29 is 14.5 Å². The zero-order valence-corrected chi connectivity index (χ0v) is 11.6. The van der Waals surface area contributed by atoms with E-state index in [9.17, 15) is 19.7 Å². The van der Waals surface area contributed by atoms with Gasteiger partial charge in [0.1, 0.15) is 5.82 Å². The van der Waals surface area contributed by atoms with Gasteiger partial charge in [-0.1, -0.05) is 12.1 Å². The van der Waals surface area contributed by atoms with Gasteiger partial charge in [0.2, 0.25) is 0 Å². The molecule has 0 saturated heterocycles. The van der Waals surface area contributed by atoms with Crippen LogP contribution in [-0.2, 0) is 9.59 Å². The molecular formula is C14H12N4O4. The van der Waals surface area contributed by atoms with Gasteiger partial charge in [-0.2, -0.15) is 0 Å². The summed E-state index contributed by atoms with van der Waals surface area (Å²) in [6.07, 6.45) is 0. The Morgan fingerprint density at radius 2 is 1.77 bits per heavy atom. The molecule has 0 fully saturated rings. The Kier molecular flexibility index (Phi) is 4.42. The molecule has 2 N–H and O–H groups in total. The third kappa shape index (κ3) is 3.85. The summed E-state index contributed by atoms with van der Waals surface area (Å²) in [7, 11) is 0. The Labute approximate surface area is 125 Å². The first-order valence-corrected chi connectivity index (χ1v) is 6.26. The number of nitrogens with one attached hydrogen (secondary N) is 2. The molecule has 1 heterocycles. The number of carbonyl (C=O) groups excluding carboxylic acids is 2. The number of carbonyl (C=O) groups is 2. The highest BCUT2D eigenvalue weighted by atomic mass is 16.6. The average Bonchev–Trinajstić information content (AvgIpc) is 2.47. The van der Waals surface area contributed by atoms with Gasteiger partial charge in [-0.3, -0.25) is 19.7 Å². The van der Waals surface area contributed by atoms with Gasteiger partial charge in [-0.05, 0) is 25.1 Å². The van der Waals surface area contributed by atoms with Gasteiger partial charge in [-0.25, -0.2) is 4.98 Å². The van der Waals surface area contributed by atoms with Crippen molar-refractivity contribution in [1.82, 2.24) is 4.98 Å². The van der Waals surface area contributed by atoms with Crippen LogP contribution >= 0.6 is 0 Å². The zero-order chi connectivity index (χ0) is 16.1. The third-order valence-corrected chi connectivity index (χ3v) is 2.65. The van der Waals surface area contributed by atoms with Crippen LogP contribution in [0, 0.1) is 17.0 Å². The molecule has 2 rings (SSSR count). The summed E-state index contributed by atoms with van der Waals surface area (Å²) >= 11 is 0. The summed E-state index contributed by atoms with van der Waals surface area (Å²) in [6, 6.07) is 10.3. The van der Waals surface area contributed by atoms with Crippen molar-refractivity contribution in [3.8, 4) is 0 Å². The molecule has 0 bridgehead atoms. The molecule has 0 aliphatic heterocycles. The maximum absolute atomic E-state index is 11.8. The van der Waals surface area contributed by atoms with Crippen LogP contribution in [0.3, 0.4) is 0 Å². The van der Waals surface area contributed by atoms with Crippen molar-refractivity contribution in [3.63, 3.8) is 0 Å². The van der Waals surface area contributed by atoms with Crippen molar-refractivity contribution >= 4 is 29.0 Å². The van der Waals surface area contributed by atoms with E-state index >= 15 is 0 Å². The third-order valence-electron chi connectivity index (χ3n) is 2.65. The van der Waals surface area contributed by atoms with Gasteiger partial charge in [0.25, 0.3) is 5.69 Å². The van der Waals surface area contributed by atoms with E-state index in [1.54, 1.807) is 25.1 Å². The van der Waals surface area contributed by atoms with Gasteiger partial charge < -0.3 is 10.6 Å². The number of benzene rings is 1. The summed E-state index contributed by atoms with van der Waals surface area (Å²) in [5.74, 6) is -1.60. The lowest BCUT2D eigenvalue weighted by Crippen LogP contribution is -2.29. The van der Waals surface area contributed by atoms with E-state index < -0.39 is 16.7 Å². The van der Waals surface area contributed by atoms with Crippen LogP contribution in [0.2, 0.25) is 0 Å². The second kappa shape index (κ2) is 6.44. The lowest BCUT2D eigenvalue weighted by Gasteiger charge is -2.06. The fourth-order valence-electron chi connectivity index (χ4n) is 1.67. The highest BCUT2D eigenvalue weighted by Gasteiger charge is 2.16. The fourth-order valence-corrected chi connectivity index (χ4v) is 1.67. The van der Waals surface area contributed by atoms with Crippen LogP contribution in [-0.4, -0.2) is 21.7 Å². The monoisotopic (exact) mass is 300 g/mol. The maximum atomic E-state index is 11.8. The number of rotatable bonds is 3. The van der Waals surface area contributed by atoms with Crippen molar-refractivity contribution in [2.45, 2.75) is 6.92 Å². The van der Waals surface area contributed by atoms with E-state index in [2.05, 4.69) is 15.6 Å². The molecular weight excluding hydrogens is 288 g/mol. The summed E-state index contributed by atoms with van der Waals surface area (Å²) in [5, 5.41) is 15.3. The van der Waals surface area contributed by atoms with Crippen LogP contribution in [0.5, 0.6) is 0 Å². The molecule has 1 aromatic carbocycles. The minimum Gasteiger partial charge on any atom is -0.318 e. The highest BCUT2D eigenvalue weighted by molar-refractivity contribution is 6.43. The Morgan fingerprint density at radius 3 is 2.45 bits per heavy atom. The molecule has 0 spiro atoms. The smallest absolute Gasteiger partial charge is 0.315 e. The number of nitro groups is 1. The van der Waals surface area contributed by atoms with E-state index in [0.717, 1.165) is 6.07 Å². The Hall–Kier alpha value is -3.29. The minimum absolute atomic E-state index is 0.159. The van der Waals surface area contributed by atoms with Crippen molar-refractivity contribution in [3.05, 3.63) is 58.3 Å². The number of nitro benzene ring substituents is 1. The van der Waals surface area contributed by atoms with Crippen molar-refractivity contribution in [1.29, 1.82) is 0 Å². The molecule has 2 aromatic rings. The van der Waals surface area contributed by atoms with Gasteiger partial charge in [0, 0.05) is 23.5 Å². The molecule has 22 heavy (non-hydrogen) atoms. The first-order chi connectivity index (χ1) is 10.5. The van der Waals surface area contributed by atoms with Crippen LogP contribution in [0.15, 0.2) is 42.5 Å². The number of aromatic nitrogens is 1. The fraction of sp³-hybridized carbons (Fsp3) is 0.0714. The molecule has 112 valence electrons. The summed E-state index contributed by atoms with van der Waals surface area (Å²) < 4.78 is 0. The number of non-ortho nitro benzene ring substituents is 1. The predicted octanol–water partition coefficient (Wildman–Crippen LogP) is 1.88. The van der Waals surface area contributed by atoms with E-state index in [4.69, 9.17) is 0 Å².